The van der Waals surface area contributed by atoms with Crippen molar-refractivity contribution in [3.63, 3.8) is 0 Å². The van der Waals surface area contributed by atoms with Gasteiger partial charge >= 0.3 is 15.5 Å². The van der Waals surface area contributed by atoms with Crippen LogP contribution in [0.2, 0.25) is 0 Å². The average Bonchev–Trinajstić information content (AvgIpc) is 3.55. The van der Waals surface area contributed by atoms with Gasteiger partial charge < -0.3 is 14.4 Å². The number of piperazine rings is 1. The number of fused-ring (bicyclic) bond motifs is 8. The van der Waals surface area contributed by atoms with Gasteiger partial charge in [-0.05, 0) is 94.9 Å². The van der Waals surface area contributed by atoms with Gasteiger partial charge in [0.1, 0.15) is 11.5 Å². The minimum absolute atomic E-state index is 0.130. The van der Waals surface area contributed by atoms with E-state index in [1.54, 1.807) is 7.11 Å². The van der Waals surface area contributed by atoms with Crippen molar-refractivity contribution in [3.8, 4) is 33.8 Å². The number of halogens is 3. The molecule has 6 nitrogen and oxygen atoms in total. The normalized spacial score (nSPS) is 18.4. The third-order valence-electron chi connectivity index (χ3n) is 13.0. The van der Waals surface area contributed by atoms with E-state index in [1.807, 2.05) is 53.4 Å². The molecule has 0 N–H and O–H groups in total. The molecule has 1 atom stereocenters. The number of sulfonamides is 1. The maximum Gasteiger partial charge on any atom is 0.511 e. The fourth-order valence-electron chi connectivity index (χ4n) is 10.2. The Kier molecular flexibility index (Phi) is 10.3. The third kappa shape index (κ3) is 6.61. The average molecular weight is 843 g/mol. The number of anilines is 1. The topological polar surface area (TPSA) is 59.1 Å². The molecule has 10 heteroatoms. The highest BCUT2D eigenvalue weighted by Gasteiger charge is 2.51. The van der Waals surface area contributed by atoms with Crippen LogP contribution in [0.1, 0.15) is 72.9 Å². The second-order valence-electron chi connectivity index (χ2n) is 16.5. The second kappa shape index (κ2) is 15.4. The summed E-state index contributed by atoms with van der Waals surface area (Å²) in [6, 6.07) is 40.1. The molecule has 6 aromatic rings. The van der Waals surface area contributed by atoms with Gasteiger partial charge in [-0.1, -0.05) is 123 Å². The van der Waals surface area contributed by atoms with E-state index in [2.05, 4.69) is 99.7 Å². The standard InChI is InChI=1S/C51H49F3N2O4S/c1-5-25-49(26-6-2)45-33-36(35-10-8-7-9-11-35)13-23-42(45)46-44-32-34(3)12-22-41(44)48-43(47(46)49)24-27-50(60-48,38-16-20-40(59-4)21-17-38)37-14-18-39(19-15-37)55-28-30-56(31-29-55)61(57,58)51(52,53)54/h7-24,27,32-33H,5-6,25-26,28-31H2,1-4H3. The lowest BCUT2D eigenvalue weighted by molar-refractivity contribution is -0.0490. The number of aryl methyl sites for hydroxylation is 1. The summed E-state index contributed by atoms with van der Waals surface area (Å²) in [7, 11) is -3.74. The summed E-state index contributed by atoms with van der Waals surface area (Å²) < 4.78 is 77.9. The third-order valence-corrected chi connectivity index (χ3v) is 14.6. The fraction of sp³-hybridized carbons (Fsp3) is 0.294. The van der Waals surface area contributed by atoms with Crippen LogP contribution in [0.25, 0.3) is 39.1 Å². The molecule has 1 saturated heterocycles. The summed E-state index contributed by atoms with van der Waals surface area (Å²) in [5.74, 6) is 1.54. The van der Waals surface area contributed by atoms with E-state index >= 15 is 0 Å². The number of methoxy groups -OCH3 is 1. The molecule has 0 aromatic heterocycles. The van der Waals surface area contributed by atoms with Crippen LogP contribution in [-0.2, 0) is 21.0 Å². The Hall–Kier alpha value is -5.58. The number of hydrogen-bond acceptors (Lipinski definition) is 5. The molecule has 0 spiro atoms. The lowest BCUT2D eigenvalue weighted by Gasteiger charge is -2.40. The highest BCUT2D eigenvalue weighted by molar-refractivity contribution is 7.90. The molecular weight excluding hydrogens is 794 g/mol. The van der Waals surface area contributed by atoms with Gasteiger partial charge in [-0.2, -0.15) is 17.5 Å². The molecule has 0 radical (unpaired) electrons. The molecule has 9 rings (SSSR count). The zero-order valence-electron chi connectivity index (χ0n) is 34.9. The zero-order valence-corrected chi connectivity index (χ0v) is 35.7. The highest BCUT2D eigenvalue weighted by Crippen LogP contribution is 2.61. The first-order valence-electron chi connectivity index (χ1n) is 21.1. The first-order chi connectivity index (χ1) is 29.3. The lowest BCUT2D eigenvalue weighted by atomic mass is 9.69. The largest absolute Gasteiger partial charge is 0.511 e. The van der Waals surface area contributed by atoms with Crippen LogP contribution >= 0.6 is 0 Å². The first kappa shape index (κ1) is 40.8. The SMILES string of the molecule is CCCC1(CCC)c2cc(-c3ccccc3)ccc2-c2c1c1c(c3ccc(C)cc23)OC(c2ccc(OC)cc2)(c2ccc(N3CCN(S(=O)(=O)C(F)(F)F)CC3)cc2)C=C1. The Morgan fingerprint density at radius 3 is 2.03 bits per heavy atom. The van der Waals surface area contributed by atoms with Gasteiger partial charge in [0.25, 0.3) is 0 Å². The highest BCUT2D eigenvalue weighted by atomic mass is 32.2. The van der Waals surface area contributed by atoms with Crippen molar-refractivity contribution in [2.75, 3.05) is 38.2 Å². The van der Waals surface area contributed by atoms with E-state index in [0.717, 1.165) is 70.3 Å². The summed E-state index contributed by atoms with van der Waals surface area (Å²) in [6.07, 6.45) is 8.44. The molecular formula is C51H49F3N2O4S. The van der Waals surface area contributed by atoms with Crippen molar-refractivity contribution in [2.45, 2.75) is 63.0 Å². The van der Waals surface area contributed by atoms with E-state index in [-0.39, 0.29) is 31.6 Å². The van der Waals surface area contributed by atoms with Crippen molar-refractivity contribution in [2.24, 2.45) is 0 Å². The molecule has 314 valence electrons. The monoisotopic (exact) mass is 842 g/mol. The maximum atomic E-state index is 13.3. The molecule has 3 aliphatic rings. The Bertz CT molecular complexity index is 2760. The molecule has 1 aliphatic carbocycles. The molecule has 61 heavy (non-hydrogen) atoms. The number of rotatable bonds is 10. The first-order valence-corrected chi connectivity index (χ1v) is 22.5. The zero-order chi connectivity index (χ0) is 42.7. The maximum absolute atomic E-state index is 13.3. The Morgan fingerprint density at radius 2 is 1.41 bits per heavy atom. The van der Waals surface area contributed by atoms with Gasteiger partial charge in [0, 0.05) is 59.4 Å². The summed E-state index contributed by atoms with van der Waals surface area (Å²) in [4.78, 5) is 1.92. The van der Waals surface area contributed by atoms with Crippen molar-refractivity contribution in [3.05, 3.63) is 155 Å². The van der Waals surface area contributed by atoms with Crippen LogP contribution in [-0.4, -0.2) is 51.5 Å². The van der Waals surface area contributed by atoms with Crippen molar-refractivity contribution < 1.29 is 31.1 Å². The predicted molar refractivity (Wildman–Crippen MR) is 239 cm³/mol. The number of alkyl halides is 3. The van der Waals surface area contributed by atoms with Gasteiger partial charge in [-0.25, -0.2) is 8.42 Å². The minimum atomic E-state index is -5.39. The van der Waals surface area contributed by atoms with Crippen molar-refractivity contribution in [1.82, 2.24) is 4.31 Å². The van der Waals surface area contributed by atoms with Crippen LogP contribution in [0.4, 0.5) is 18.9 Å². The molecule has 0 bridgehead atoms. The summed E-state index contributed by atoms with van der Waals surface area (Å²) >= 11 is 0. The molecule has 0 saturated carbocycles. The fourth-order valence-corrected chi connectivity index (χ4v) is 11.1. The molecule has 6 aromatic carbocycles. The number of ether oxygens (including phenoxy) is 2. The van der Waals surface area contributed by atoms with Crippen LogP contribution < -0.4 is 14.4 Å². The van der Waals surface area contributed by atoms with Gasteiger partial charge in [0.05, 0.1) is 7.11 Å². The van der Waals surface area contributed by atoms with Gasteiger partial charge in [-0.3, -0.25) is 0 Å². The van der Waals surface area contributed by atoms with Crippen molar-refractivity contribution in [1.29, 1.82) is 0 Å². The van der Waals surface area contributed by atoms with E-state index < -0.39 is 21.1 Å². The Morgan fingerprint density at radius 1 is 0.754 bits per heavy atom. The van der Waals surface area contributed by atoms with E-state index in [1.165, 1.54) is 38.9 Å². The van der Waals surface area contributed by atoms with Gasteiger partial charge in [-0.15, -0.1) is 0 Å². The minimum Gasteiger partial charge on any atom is -0.497 e. The predicted octanol–water partition coefficient (Wildman–Crippen LogP) is 12.0. The Balaban J connectivity index is 1.20. The van der Waals surface area contributed by atoms with E-state index in [9.17, 15) is 21.6 Å². The number of nitrogens with zero attached hydrogens (tertiary/aromatic N) is 2. The molecule has 1 fully saturated rings. The van der Waals surface area contributed by atoms with Crippen molar-refractivity contribution >= 4 is 32.6 Å². The van der Waals surface area contributed by atoms with E-state index in [4.69, 9.17) is 9.47 Å². The second-order valence-corrected chi connectivity index (χ2v) is 18.5. The summed E-state index contributed by atoms with van der Waals surface area (Å²) in [5.41, 5.74) is 5.84. The quantitative estimate of drug-likeness (QED) is 0.137. The Labute approximate surface area is 356 Å². The smallest absolute Gasteiger partial charge is 0.497 e. The molecule has 2 aliphatic heterocycles. The number of hydrogen-bond donors (Lipinski definition) is 0. The van der Waals surface area contributed by atoms with E-state index in [0.29, 0.717) is 4.31 Å². The van der Waals surface area contributed by atoms with Crippen LogP contribution in [0, 0.1) is 6.92 Å². The summed E-state index contributed by atoms with van der Waals surface area (Å²) in [6.45, 7) is 6.45. The van der Waals surface area contributed by atoms with Gasteiger partial charge in [0.2, 0.25) is 0 Å². The van der Waals surface area contributed by atoms with Crippen LogP contribution in [0.15, 0.2) is 121 Å². The molecule has 2 heterocycles. The van der Waals surface area contributed by atoms with Gasteiger partial charge in [0.15, 0.2) is 5.60 Å². The lowest BCUT2D eigenvalue weighted by Crippen LogP contribution is -2.52. The molecule has 1 unspecified atom stereocenters. The van der Waals surface area contributed by atoms with Crippen LogP contribution in [0.3, 0.4) is 0 Å². The number of benzene rings is 6. The summed E-state index contributed by atoms with van der Waals surface area (Å²) in [5, 5.41) is 2.20. The van der Waals surface area contributed by atoms with Crippen LogP contribution in [0.5, 0.6) is 11.5 Å². The molecule has 0 amide bonds.